The highest BCUT2D eigenvalue weighted by Gasteiger charge is 2.50. The van der Waals surface area contributed by atoms with Crippen molar-refractivity contribution >= 4 is 28.3 Å². The van der Waals surface area contributed by atoms with Crippen LogP contribution in [-0.4, -0.2) is 86.7 Å². The lowest BCUT2D eigenvalue weighted by atomic mass is 9.83. The number of piperazine rings is 1. The van der Waals surface area contributed by atoms with Crippen LogP contribution in [0.5, 0.6) is 0 Å². The van der Waals surface area contributed by atoms with E-state index in [-0.39, 0.29) is 12.1 Å². The summed E-state index contributed by atoms with van der Waals surface area (Å²) in [5.41, 5.74) is 2.14. The van der Waals surface area contributed by atoms with Gasteiger partial charge in [0.2, 0.25) is 5.95 Å². The number of aliphatic hydroxyl groups is 1. The van der Waals surface area contributed by atoms with E-state index in [1.807, 2.05) is 19.2 Å². The van der Waals surface area contributed by atoms with Crippen LogP contribution in [0.4, 0.5) is 16.8 Å². The third-order valence-electron chi connectivity index (χ3n) is 6.91. The molecule has 9 heteroatoms. The number of anilines is 3. The molecule has 30 heavy (non-hydrogen) atoms. The molecule has 1 atom stereocenters. The molecule has 0 amide bonds. The van der Waals surface area contributed by atoms with E-state index in [2.05, 4.69) is 36.3 Å². The zero-order chi connectivity index (χ0) is 20.7. The lowest BCUT2D eigenvalue weighted by Gasteiger charge is -2.59. The van der Waals surface area contributed by atoms with Gasteiger partial charge in [-0.15, -0.1) is 0 Å². The van der Waals surface area contributed by atoms with Gasteiger partial charge in [-0.3, -0.25) is 9.80 Å². The summed E-state index contributed by atoms with van der Waals surface area (Å²) >= 11 is 1.42. The molecule has 0 spiro atoms. The fourth-order valence-electron chi connectivity index (χ4n) is 5.31. The summed E-state index contributed by atoms with van der Waals surface area (Å²) in [5, 5.41) is 14.0. The Hall–Kier alpha value is -1.81. The van der Waals surface area contributed by atoms with Gasteiger partial charge in [-0.05, 0) is 57.3 Å². The van der Waals surface area contributed by atoms with Gasteiger partial charge in [0.05, 0.1) is 11.2 Å². The third-order valence-corrected chi connectivity index (χ3v) is 7.71. The van der Waals surface area contributed by atoms with Crippen LogP contribution in [0.3, 0.4) is 0 Å². The smallest absolute Gasteiger partial charge is 0.229 e. The molecule has 5 heterocycles. The van der Waals surface area contributed by atoms with Crippen molar-refractivity contribution in [3.63, 3.8) is 0 Å². The van der Waals surface area contributed by atoms with Gasteiger partial charge in [-0.1, -0.05) is 0 Å². The molecule has 3 fully saturated rings. The van der Waals surface area contributed by atoms with Gasteiger partial charge in [0.15, 0.2) is 0 Å². The highest BCUT2D eigenvalue weighted by atomic mass is 32.1. The molecule has 162 valence electrons. The first-order valence-corrected chi connectivity index (χ1v) is 11.7. The Bertz CT molecular complexity index is 897. The highest BCUT2D eigenvalue weighted by molar-refractivity contribution is 7.10. The Labute approximate surface area is 182 Å². The molecule has 0 radical (unpaired) electrons. The Balaban J connectivity index is 1.30. The molecule has 2 aromatic rings. The van der Waals surface area contributed by atoms with Gasteiger partial charge in [-0.2, -0.15) is 9.36 Å². The molecule has 0 aromatic carbocycles. The summed E-state index contributed by atoms with van der Waals surface area (Å²) in [6.45, 7) is 10.8. The fourth-order valence-corrected chi connectivity index (χ4v) is 5.96. The lowest BCUT2D eigenvalue weighted by Crippen LogP contribution is -2.73. The third kappa shape index (κ3) is 3.68. The minimum absolute atomic E-state index is 0.0587. The molecule has 0 bridgehead atoms. The van der Waals surface area contributed by atoms with Gasteiger partial charge in [0.1, 0.15) is 10.8 Å². The monoisotopic (exact) mass is 429 g/mol. The van der Waals surface area contributed by atoms with E-state index < -0.39 is 0 Å². The van der Waals surface area contributed by atoms with Crippen molar-refractivity contribution in [1.82, 2.24) is 24.1 Å². The van der Waals surface area contributed by atoms with Crippen LogP contribution in [0, 0.1) is 13.8 Å². The molecule has 0 unspecified atom stereocenters. The van der Waals surface area contributed by atoms with Gasteiger partial charge in [0, 0.05) is 57.1 Å². The second kappa shape index (κ2) is 8.03. The van der Waals surface area contributed by atoms with Gasteiger partial charge >= 0.3 is 0 Å². The maximum absolute atomic E-state index is 9.81. The summed E-state index contributed by atoms with van der Waals surface area (Å²) in [6, 6.07) is 2.70. The molecule has 5 rings (SSSR count). The van der Waals surface area contributed by atoms with Crippen LogP contribution < -0.4 is 10.2 Å². The average molecular weight is 430 g/mol. The van der Waals surface area contributed by atoms with E-state index in [1.54, 1.807) is 0 Å². The fraction of sp³-hybridized carbons (Fsp3) is 0.667. The number of aromatic nitrogens is 3. The first-order chi connectivity index (χ1) is 14.6. The van der Waals surface area contributed by atoms with E-state index in [0.29, 0.717) is 12.0 Å². The van der Waals surface area contributed by atoms with Crippen LogP contribution in [0.15, 0.2) is 12.3 Å². The summed E-state index contributed by atoms with van der Waals surface area (Å²) in [5.74, 6) is 1.60. The zero-order valence-corrected chi connectivity index (χ0v) is 18.7. The van der Waals surface area contributed by atoms with E-state index in [0.717, 1.165) is 61.2 Å². The van der Waals surface area contributed by atoms with E-state index >= 15 is 0 Å². The first kappa shape index (κ1) is 20.1. The molecule has 2 N–H and O–H groups in total. The largest absolute Gasteiger partial charge is 0.396 e. The number of nitrogens with zero attached hydrogens (tertiary/aromatic N) is 6. The van der Waals surface area contributed by atoms with Crippen LogP contribution in [-0.2, 0) is 0 Å². The lowest BCUT2D eigenvalue weighted by molar-refractivity contribution is -0.0159. The van der Waals surface area contributed by atoms with Crippen LogP contribution >= 0.6 is 11.5 Å². The Kier molecular flexibility index (Phi) is 5.38. The molecular formula is C21H31N7OS. The maximum atomic E-state index is 9.81. The SMILES string of the molecule is Cc1cc(Nc2ncc(C)c(N3CC(CCO)(N4CCN5CCC[C@H]5C4)C3)n2)sn1. The number of aryl methyl sites for hydroxylation is 2. The van der Waals surface area contributed by atoms with Crippen molar-refractivity contribution in [3.05, 3.63) is 23.5 Å². The van der Waals surface area contributed by atoms with Crippen molar-refractivity contribution in [3.8, 4) is 0 Å². The van der Waals surface area contributed by atoms with Crippen molar-refractivity contribution < 1.29 is 5.11 Å². The molecule has 0 saturated carbocycles. The predicted molar refractivity (Wildman–Crippen MR) is 120 cm³/mol. The van der Waals surface area contributed by atoms with E-state index in [4.69, 9.17) is 4.98 Å². The summed E-state index contributed by atoms with van der Waals surface area (Å²) in [4.78, 5) is 16.9. The number of fused-ring (bicyclic) bond motifs is 1. The predicted octanol–water partition coefficient (Wildman–Crippen LogP) is 2.01. The quantitative estimate of drug-likeness (QED) is 0.722. The molecule has 2 aromatic heterocycles. The Morgan fingerprint density at radius 2 is 2.13 bits per heavy atom. The molecule has 8 nitrogen and oxygen atoms in total. The maximum Gasteiger partial charge on any atom is 0.229 e. The van der Waals surface area contributed by atoms with Crippen LogP contribution in [0.1, 0.15) is 30.5 Å². The number of nitrogens with one attached hydrogen (secondary N) is 1. The van der Waals surface area contributed by atoms with Crippen molar-refractivity contribution in [2.24, 2.45) is 0 Å². The van der Waals surface area contributed by atoms with Crippen LogP contribution in [0.2, 0.25) is 0 Å². The second-order valence-electron chi connectivity index (χ2n) is 8.99. The first-order valence-electron chi connectivity index (χ1n) is 11.0. The van der Waals surface area contributed by atoms with Crippen LogP contribution in [0.25, 0.3) is 0 Å². The number of hydrogen-bond acceptors (Lipinski definition) is 9. The molecule has 3 saturated heterocycles. The topological polar surface area (TPSA) is 80.7 Å². The van der Waals surface area contributed by atoms with Crippen molar-refractivity contribution in [2.45, 2.75) is 44.7 Å². The molecule has 0 aliphatic carbocycles. The average Bonchev–Trinajstić information content (AvgIpc) is 3.34. The van der Waals surface area contributed by atoms with Crippen molar-refractivity contribution in [2.75, 3.05) is 56.1 Å². The number of rotatable bonds is 6. The molecule has 3 aliphatic rings. The number of aliphatic hydroxyl groups excluding tert-OH is 1. The van der Waals surface area contributed by atoms with E-state index in [9.17, 15) is 5.11 Å². The van der Waals surface area contributed by atoms with Gasteiger partial charge in [-0.25, -0.2) is 4.98 Å². The minimum Gasteiger partial charge on any atom is -0.396 e. The Morgan fingerprint density at radius 1 is 1.27 bits per heavy atom. The summed E-state index contributed by atoms with van der Waals surface area (Å²) in [7, 11) is 0. The minimum atomic E-state index is 0.0587. The summed E-state index contributed by atoms with van der Waals surface area (Å²) < 4.78 is 4.31. The standard InChI is InChI=1S/C21H31N7OS/c1-15-11-22-20(23-18-10-16(2)25-30-18)24-19(15)27-13-21(14-27,5-9-29)28-8-7-26-6-3-4-17(26)12-28/h10-11,17,29H,3-9,12-14H2,1-2H3,(H,22,23,24)/t17-/m0/s1. The number of hydrogen-bond donors (Lipinski definition) is 2. The van der Waals surface area contributed by atoms with Gasteiger partial charge in [0.25, 0.3) is 0 Å². The second-order valence-corrected chi connectivity index (χ2v) is 9.79. The molecular weight excluding hydrogens is 398 g/mol. The normalized spacial score (nSPS) is 24.0. The highest BCUT2D eigenvalue weighted by Crippen LogP contribution is 2.38. The molecule has 3 aliphatic heterocycles. The van der Waals surface area contributed by atoms with E-state index in [1.165, 1.54) is 30.9 Å². The Morgan fingerprint density at radius 3 is 2.90 bits per heavy atom. The summed E-state index contributed by atoms with van der Waals surface area (Å²) in [6.07, 6.45) is 5.35. The zero-order valence-electron chi connectivity index (χ0n) is 17.8. The van der Waals surface area contributed by atoms with Gasteiger partial charge < -0.3 is 15.3 Å². The van der Waals surface area contributed by atoms with Crippen molar-refractivity contribution in [1.29, 1.82) is 0 Å².